The minimum Gasteiger partial charge on any atom is -0.497 e. The van der Waals surface area contributed by atoms with Crippen molar-refractivity contribution < 1.29 is 28.5 Å². The van der Waals surface area contributed by atoms with Gasteiger partial charge >= 0.3 is 0 Å². The van der Waals surface area contributed by atoms with Crippen LogP contribution in [-0.4, -0.2) is 32.3 Å². The summed E-state index contributed by atoms with van der Waals surface area (Å²) in [6, 6.07) is 25.9. The highest BCUT2D eigenvalue weighted by atomic mass is 16.7. The van der Waals surface area contributed by atoms with E-state index in [1.54, 1.807) is 48.4 Å². The molecule has 0 bridgehead atoms. The van der Waals surface area contributed by atoms with Crippen LogP contribution in [0, 0.1) is 0 Å². The molecule has 8 nitrogen and oxygen atoms in total. The maximum absolute atomic E-state index is 14.3. The van der Waals surface area contributed by atoms with Crippen LogP contribution in [0.5, 0.6) is 23.0 Å². The fraction of sp³-hybridized carbons (Fsp3) is 0.161. The quantitative estimate of drug-likeness (QED) is 0.403. The third-order valence-electron chi connectivity index (χ3n) is 7.58. The second-order valence-corrected chi connectivity index (χ2v) is 9.64. The molecule has 39 heavy (non-hydrogen) atoms. The van der Waals surface area contributed by atoms with Gasteiger partial charge in [0.25, 0.3) is 5.91 Å². The van der Waals surface area contributed by atoms with Crippen LogP contribution in [0.25, 0.3) is 0 Å². The van der Waals surface area contributed by atoms with Gasteiger partial charge in [-0.25, -0.2) is 0 Å². The number of amides is 2. The van der Waals surface area contributed by atoms with Crippen molar-refractivity contribution in [2.24, 2.45) is 0 Å². The number of methoxy groups -OCH3 is 1. The number of carbonyl (C=O) groups is 2. The highest BCUT2D eigenvalue weighted by molar-refractivity contribution is 6.12. The van der Waals surface area contributed by atoms with E-state index >= 15 is 0 Å². The first-order valence-electron chi connectivity index (χ1n) is 12.6. The van der Waals surface area contributed by atoms with E-state index in [1.807, 2.05) is 48.5 Å². The Labute approximate surface area is 224 Å². The maximum Gasteiger partial charge on any atom is 0.256 e. The minimum atomic E-state index is -1.01. The fourth-order valence-corrected chi connectivity index (χ4v) is 5.64. The molecule has 0 saturated carbocycles. The molecule has 1 unspecified atom stereocenters. The van der Waals surface area contributed by atoms with E-state index in [9.17, 15) is 9.59 Å². The third-order valence-corrected chi connectivity index (χ3v) is 7.58. The first-order valence-corrected chi connectivity index (χ1v) is 12.6. The minimum absolute atomic E-state index is 0.105. The van der Waals surface area contributed by atoms with Gasteiger partial charge in [-0.3, -0.25) is 9.59 Å². The molecule has 0 aliphatic carbocycles. The zero-order chi connectivity index (χ0) is 26.6. The number of carbonyl (C=O) groups excluding carboxylic acids is 2. The summed E-state index contributed by atoms with van der Waals surface area (Å²) in [5, 5.41) is 2.95. The van der Waals surface area contributed by atoms with E-state index in [0.29, 0.717) is 34.2 Å². The van der Waals surface area contributed by atoms with Gasteiger partial charge in [0.05, 0.1) is 13.7 Å². The summed E-state index contributed by atoms with van der Waals surface area (Å²) in [6.07, 6.45) is 0. The summed E-state index contributed by atoms with van der Waals surface area (Å²) in [4.78, 5) is 29.4. The first-order chi connectivity index (χ1) is 19.1. The van der Waals surface area contributed by atoms with E-state index in [1.165, 1.54) is 0 Å². The lowest BCUT2D eigenvalue weighted by atomic mass is 9.77. The normalized spacial score (nSPS) is 18.1. The van der Waals surface area contributed by atoms with Crippen LogP contribution >= 0.6 is 0 Å². The molecule has 1 atom stereocenters. The van der Waals surface area contributed by atoms with Gasteiger partial charge in [0, 0.05) is 28.6 Å². The molecule has 4 aromatic rings. The van der Waals surface area contributed by atoms with Gasteiger partial charge in [-0.15, -0.1) is 0 Å². The second-order valence-electron chi connectivity index (χ2n) is 9.64. The predicted octanol–water partition coefficient (Wildman–Crippen LogP) is 4.90. The lowest BCUT2D eigenvalue weighted by molar-refractivity contribution is -0.122. The molecule has 194 valence electrons. The monoisotopic (exact) mass is 520 g/mol. The number of hydrogen-bond donors (Lipinski definition) is 1. The van der Waals surface area contributed by atoms with Crippen LogP contribution in [0.15, 0.2) is 84.9 Å². The number of ether oxygens (including phenoxy) is 4. The summed E-state index contributed by atoms with van der Waals surface area (Å²) in [5.74, 6) is 2.17. The molecule has 3 aliphatic rings. The molecule has 2 amide bonds. The van der Waals surface area contributed by atoms with Crippen LogP contribution in [0.3, 0.4) is 0 Å². The van der Waals surface area contributed by atoms with Gasteiger partial charge in [0.1, 0.15) is 23.5 Å². The number of nitrogens with zero attached hydrogens (tertiary/aromatic N) is 1. The average Bonchev–Trinajstić information content (AvgIpc) is 3.65. The van der Waals surface area contributed by atoms with Crippen molar-refractivity contribution >= 4 is 23.2 Å². The van der Waals surface area contributed by atoms with Crippen molar-refractivity contribution in [1.29, 1.82) is 0 Å². The molecule has 7 rings (SSSR count). The van der Waals surface area contributed by atoms with E-state index in [0.717, 1.165) is 22.4 Å². The van der Waals surface area contributed by atoms with Crippen molar-refractivity contribution in [3.63, 3.8) is 0 Å². The van der Waals surface area contributed by atoms with Gasteiger partial charge in [-0.2, -0.15) is 0 Å². The van der Waals surface area contributed by atoms with Crippen LogP contribution in [0.4, 0.5) is 11.4 Å². The summed E-state index contributed by atoms with van der Waals surface area (Å²) >= 11 is 0. The van der Waals surface area contributed by atoms with E-state index in [4.69, 9.17) is 18.9 Å². The number of nitrogens with one attached hydrogen (secondary N) is 1. The van der Waals surface area contributed by atoms with Gasteiger partial charge in [0.2, 0.25) is 12.7 Å². The molecule has 3 aliphatic heterocycles. The molecule has 1 spiro atoms. The Morgan fingerprint density at radius 3 is 2.46 bits per heavy atom. The maximum atomic E-state index is 14.3. The summed E-state index contributed by atoms with van der Waals surface area (Å²) in [6.45, 7) is 0.540. The number of rotatable bonds is 5. The van der Waals surface area contributed by atoms with Crippen molar-refractivity contribution in [3.05, 3.63) is 107 Å². The fourth-order valence-electron chi connectivity index (χ4n) is 5.64. The van der Waals surface area contributed by atoms with Crippen molar-refractivity contribution in [2.75, 3.05) is 30.7 Å². The number of anilines is 2. The highest BCUT2D eigenvalue weighted by Crippen LogP contribution is 2.55. The second kappa shape index (κ2) is 8.80. The van der Waals surface area contributed by atoms with Gasteiger partial charge in [-0.1, -0.05) is 36.4 Å². The summed E-state index contributed by atoms with van der Waals surface area (Å²) in [7, 11) is 1.59. The molecule has 0 saturated heterocycles. The molecular formula is C31H24N2O6. The molecular weight excluding hydrogens is 496 g/mol. The van der Waals surface area contributed by atoms with Crippen molar-refractivity contribution in [1.82, 2.24) is 0 Å². The molecule has 0 fully saturated rings. The Hall–Kier alpha value is -4.98. The Kier molecular flexibility index (Phi) is 5.23. The number of hydrogen-bond acceptors (Lipinski definition) is 6. The van der Waals surface area contributed by atoms with E-state index in [2.05, 4.69) is 5.32 Å². The Balaban J connectivity index is 1.24. The first kappa shape index (κ1) is 23.2. The lowest BCUT2D eigenvalue weighted by Gasteiger charge is -2.24. The van der Waals surface area contributed by atoms with Gasteiger partial charge < -0.3 is 29.2 Å². The standard InChI is InChI=1S/C31H24N2O6/c1-36-21-12-10-20(11-13-21)32-29(34)22-7-3-2-6-19(22)16-33-25-9-5-4-8-23(25)31(30(33)35)17-37-26-15-28-27(14-24(26)31)38-18-39-28/h2-15H,16-18H2,1H3,(H,32,34). The largest absolute Gasteiger partial charge is 0.497 e. The third kappa shape index (κ3) is 3.52. The topological polar surface area (TPSA) is 86.3 Å². The van der Waals surface area contributed by atoms with Crippen LogP contribution in [0.2, 0.25) is 0 Å². The Morgan fingerprint density at radius 2 is 1.64 bits per heavy atom. The molecule has 0 radical (unpaired) electrons. The number of fused-ring (bicyclic) bond motifs is 5. The molecule has 8 heteroatoms. The van der Waals surface area contributed by atoms with Crippen molar-refractivity contribution in [3.8, 4) is 23.0 Å². The summed E-state index contributed by atoms with van der Waals surface area (Å²) in [5.41, 5.74) is 3.29. The smallest absolute Gasteiger partial charge is 0.256 e. The van der Waals surface area contributed by atoms with Gasteiger partial charge in [0.15, 0.2) is 11.5 Å². The highest BCUT2D eigenvalue weighted by Gasteiger charge is 2.57. The zero-order valence-corrected chi connectivity index (χ0v) is 21.1. The van der Waals surface area contributed by atoms with E-state index < -0.39 is 5.41 Å². The van der Waals surface area contributed by atoms with Crippen molar-refractivity contribution in [2.45, 2.75) is 12.0 Å². The van der Waals surface area contributed by atoms with Crippen LogP contribution < -0.4 is 29.2 Å². The molecule has 3 heterocycles. The Bertz CT molecular complexity index is 1630. The zero-order valence-electron chi connectivity index (χ0n) is 21.1. The molecule has 1 N–H and O–H groups in total. The molecule has 0 aromatic heterocycles. The van der Waals surface area contributed by atoms with Crippen LogP contribution in [0.1, 0.15) is 27.0 Å². The van der Waals surface area contributed by atoms with Gasteiger partial charge in [-0.05, 0) is 53.6 Å². The summed E-state index contributed by atoms with van der Waals surface area (Å²) < 4.78 is 22.4. The predicted molar refractivity (Wildman–Crippen MR) is 144 cm³/mol. The Morgan fingerprint density at radius 1 is 0.897 bits per heavy atom. The van der Waals surface area contributed by atoms with Crippen LogP contribution in [-0.2, 0) is 16.8 Å². The van der Waals surface area contributed by atoms with E-state index in [-0.39, 0.29) is 31.8 Å². The number of benzene rings is 4. The lowest BCUT2D eigenvalue weighted by Crippen LogP contribution is -2.42. The number of para-hydroxylation sites is 1. The molecule has 4 aromatic carbocycles. The SMILES string of the molecule is COc1ccc(NC(=O)c2ccccc2CN2C(=O)C3(COc4cc5c(cc43)OCO5)c3ccccc32)cc1. The average molecular weight is 521 g/mol.